The summed E-state index contributed by atoms with van der Waals surface area (Å²) in [4.78, 5) is 7.51. The molecule has 5 heteroatoms. The Morgan fingerprint density at radius 1 is 0.348 bits per heavy atom. The lowest BCUT2D eigenvalue weighted by molar-refractivity contribution is 0.821. The SMILES string of the molecule is c1ccc(N2c3nccc(-c4ccc5ccccc5c4)c3NC2c2cc(-c3ccc4c(c3)c3ccccc3n4-c3ccccc3)cc(-c3ccc4c(c3)c3ccccc3n4-c3ccccc3)c2)cc1. The quantitative estimate of drug-likeness (QED) is 0.173. The average molecular weight is 882 g/mol. The highest BCUT2D eigenvalue weighted by Gasteiger charge is 2.35. The predicted molar refractivity (Wildman–Crippen MR) is 288 cm³/mol. The monoisotopic (exact) mass is 881 g/mol. The van der Waals surface area contributed by atoms with Crippen molar-refractivity contribution in [3.63, 3.8) is 0 Å². The lowest BCUT2D eigenvalue weighted by Gasteiger charge is -2.27. The van der Waals surface area contributed by atoms with E-state index in [0.717, 1.165) is 67.5 Å². The van der Waals surface area contributed by atoms with Gasteiger partial charge in [-0.15, -0.1) is 0 Å². The maximum Gasteiger partial charge on any atom is 0.159 e. The summed E-state index contributed by atoms with van der Waals surface area (Å²) in [5, 5.41) is 11.4. The Bertz CT molecular complexity index is 3940. The van der Waals surface area contributed by atoms with E-state index in [1.165, 1.54) is 54.4 Å². The van der Waals surface area contributed by atoms with E-state index in [9.17, 15) is 0 Å². The number of nitrogens with one attached hydrogen (secondary N) is 1. The number of aromatic nitrogens is 3. The van der Waals surface area contributed by atoms with Crippen LogP contribution < -0.4 is 10.2 Å². The summed E-state index contributed by atoms with van der Waals surface area (Å²) in [6.45, 7) is 0. The zero-order valence-electron chi connectivity index (χ0n) is 37.5. The van der Waals surface area contributed by atoms with Gasteiger partial charge in [0.25, 0.3) is 0 Å². The van der Waals surface area contributed by atoms with E-state index in [2.05, 4.69) is 262 Å². The molecular formula is C64H43N5. The Morgan fingerprint density at radius 2 is 0.841 bits per heavy atom. The molecule has 0 saturated heterocycles. The highest BCUT2D eigenvalue weighted by molar-refractivity contribution is 6.12. The Morgan fingerprint density at radius 3 is 1.43 bits per heavy atom. The van der Waals surface area contributed by atoms with E-state index in [4.69, 9.17) is 4.98 Å². The molecule has 69 heavy (non-hydrogen) atoms. The van der Waals surface area contributed by atoms with E-state index in [0.29, 0.717) is 0 Å². The zero-order valence-corrected chi connectivity index (χ0v) is 37.5. The molecule has 1 aliphatic heterocycles. The second kappa shape index (κ2) is 15.7. The van der Waals surface area contributed by atoms with Crippen LogP contribution in [0.1, 0.15) is 11.7 Å². The maximum absolute atomic E-state index is 5.14. The van der Waals surface area contributed by atoms with Crippen molar-refractivity contribution in [3.8, 4) is 44.8 Å². The van der Waals surface area contributed by atoms with Gasteiger partial charge in [0.2, 0.25) is 0 Å². The largest absolute Gasteiger partial charge is 0.358 e. The van der Waals surface area contributed by atoms with E-state index >= 15 is 0 Å². The van der Waals surface area contributed by atoms with Crippen molar-refractivity contribution in [3.05, 3.63) is 254 Å². The number of benzene rings is 10. The minimum atomic E-state index is -0.275. The Hall–Kier alpha value is -9.19. The van der Waals surface area contributed by atoms with E-state index < -0.39 is 0 Å². The second-order valence-electron chi connectivity index (χ2n) is 18.1. The van der Waals surface area contributed by atoms with Crippen LogP contribution in [-0.2, 0) is 0 Å². The van der Waals surface area contributed by atoms with E-state index in [-0.39, 0.29) is 6.17 Å². The first-order chi connectivity index (χ1) is 34.2. The Labute approximate surface area is 399 Å². The predicted octanol–water partition coefficient (Wildman–Crippen LogP) is 16.7. The van der Waals surface area contributed by atoms with Gasteiger partial charge < -0.3 is 14.5 Å². The molecule has 13 aromatic rings. The summed E-state index contributed by atoms with van der Waals surface area (Å²) in [5.74, 6) is 0.897. The smallest absolute Gasteiger partial charge is 0.159 e. The van der Waals surface area contributed by atoms with Crippen LogP contribution in [0.5, 0.6) is 0 Å². The van der Waals surface area contributed by atoms with Gasteiger partial charge in [0, 0.05) is 50.4 Å². The van der Waals surface area contributed by atoms with Crippen molar-refractivity contribution in [1.29, 1.82) is 0 Å². The topological polar surface area (TPSA) is 38.0 Å². The number of hydrogen-bond donors (Lipinski definition) is 1. The first-order valence-corrected chi connectivity index (χ1v) is 23.6. The second-order valence-corrected chi connectivity index (χ2v) is 18.1. The number of para-hydroxylation sites is 5. The molecule has 0 saturated carbocycles. The minimum Gasteiger partial charge on any atom is -0.358 e. The lowest BCUT2D eigenvalue weighted by atomic mass is 9.93. The molecule has 10 aromatic carbocycles. The standard InChI is InChI=1S/C64H43N5/c1-4-18-50(19-5-1)67-58-26-14-12-24-54(58)56-40-44(30-32-60(56)67)47-37-48(45-31-33-61-57(41-45)55-25-13-15-27-59(55)68(61)51-20-6-2-7-21-51)39-49(38-47)63-66-62-53(46-29-28-42-16-10-11-17-43(42)36-46)34-35-65-64(62)69(63)52-22-8-3-9-23-52/h1-41,63,66H. The Kier molecular flexibility index (Phi) is 8.89. The van der Waals surface area contributed by atoms with Crippen molar-refractivity contribution in [2.24, 2.45) is 0 Å². The molecule has 1 aliphatic rings. The van der Waals surface area contributed by atoms with Crippen LogP contribution in [0.2, 0.25) is 0 Å². The van der Waals surface area contributed by atoms with Crippen LogP contribution in [0, 0.1) is 0 Å². The van der Waals surface area contributed by atoms with Crippen molar-refractivity contribution in [2.75, 3.05) is 10.2 Å². The van der Waals surface area contributed by atoms with Gasteiger partial charge >= 0.3 is 0 Å². The fourth-order valence-electron chi connectivity index (χ4n) is 10.9. The average Bonchev–Trinajstić information content (AvgIpc) is 4.09. The van der Waals surface area contributed by atoms with Crippen molar-refractivity contribution < 1.29 is 0 Å². The number of pyridine rings is 1. The van der Waals surface area contributed by atoms with Crippen molar-refractivity contribution >= 4 is 71.6 Å². The van der Waals surface area contributed by atoms with Gasteiger partial charge in [-0.05, 0) is 147 Å². The summed E-state index contributed by atoms with van der Waals surface area (Å²) in [5.41, 5.74) is 17.1. The highest BCUT2D eigenvalue weighted by Crippen LogP contribution is 2.50. The van der Waals surface area contributed by atoms with Crippen LogP contribution in [0.15, 0.2) is 249 Å². The number of anilines is 3. The number of nitrogens with zero attached hydrogens (tertiary/aromatic N) is 4. The first kappa shape index (κ1) is 39.0. The van der Waals surface area contributed by atoms with Crippen LogP contribution in [0.3, 0.4) is 0 Å². The van der Waals surface area contributed by atoms with Gasteiger partial charge in [0.05, 0.1) is 27.8 Å². The fourth-order valence-corrected chi connectivity index (χ4v) is 10.9. The van der Waals surface area contributed by atoms with Crippen LogP contribution in [0.4, 0.5) is 17.2 Å². The highest BCUT2D eigenvalue weighted by atomic mass is 15.4. The van der Waals surface area contributed by atoms with Crippen LogP contribution in [0.25, 0.3) is 99.1 Å². The molecule has 1 atom stereocenters. The molecule has 4 heterocycles. The van der Waals surface area contributed by atoms with E-state index in [1.54, 1.807) is 0 Å². The lowest BCUT2D eigenvalue weighted by Crippen LogP contribution is -2.24. The fraction of sp³-hybridized carbons (Fsp3) is 0.0156. The summed E-state index contributed by atoms with van der Waals surface area (Å²) >= 11 is 0. The number of hydrogen-bond acceptors (Lipinski definition) is 3. The molecule has 0 spiro atoms. The van der Waals surface area contributed by atoms with Crippen LogP contribution >= 0.6 is 0 Å². The van der Waals surface area contributed by atoms with Gasteiger partial charge in [0.1, 0.15) is 6.17 Å². The molecule has 0 radical (unpaired) electrons. The summed E-state index contributed by atoms with van der Waals surface area (Å²) in [6.07, 6.45) is 1.68. The van der Waals surface area contributed by atoms with Gasteiger partial charge in [-0.1, -0.05) is 140 Å². The molecule has 1 unspecified atom stereocenters. The summed E-state index contributed by atoms with van der Waals surface area (Å²) in [6, 6.07) is 88.2. The van der Waals surface area contributed by atoms with E-state index in [1.807, 2.05) is 6.20 Å². The Balaban J connectivity index is 0.986. The van der Waals surface area contributed by atoms with Gasteiger partial charge in [-0.25, -0.2) is 4.98 Å². The van der Waals surface area contributed by atoms with Crippen molar-refractivity contribution in [1.82, 2.24) is 14.1 Å². The third-order valence-electron chi connectivity index (χ3n) is 14.1. The van der Waals surface area contributed by atoms with Crippen LogP contribution in [-0.4, -0.2) is 14.1 Å². The molecule has 5 nitrogen and oxygen atoms in total. The van der Waals surface area contributed by atoms with Gasteiger partial charge in [-0.2, -0.15) is 0 Å². The molecule has 0 amide bonds. The molecule has 3 aromatic heterocycles. The molecular weight excluding hydrogens is 839 g/mol. The molecule has 0 bridgehead atoms. The van der Waals surface area contributed by atoms with Gasteiger partial charge in [-0.3, -0.25) is 4.90 Å². The molecule has 1 N–H and O–H groups in total. The summed E-state index contributed by atoms with van der Waals surface area (Å²) in [7, 11) is 0. The number of fused-ring (bicyclic) bond motifs is 8. The molecule has 0 fully saturated rings. The maximum atomic E-state index is 5.14. The zero-order chi connectivity index (χ0) is 45.4. The first-order valence-electron chi connectivity index (χ1n) is 23.6. The van der Waals surface area contributed by atoms with Crippen molar-refractivity contribution in [2.45, 2.75) is 6.17 Å². The molecule has 0 aliphatic carbocycles. The molecule has 324 valence electrons. The third-order valence-corrected chi connectivity index (χ3v) is 14.1. The number of rotatable bonds is 7. The minimum absolute atomic E-state index is 0.275. The van der Waals surface area contributed by atoms with Gasteiger partial charge in [0.15, 0.2) is 5.82 Å². The normalized spacial score (nSPS) is 13.4. The third kappa shape index (κ3) is 6.36. The molecule has 14 rings (SSSR count). The summed E-state index contributed by atoms with van der Waals surface area (Å²) < 4.78 is 4.77.